The third-order valence-electron chi connectivity index (χ3n) is 1.64. The number of nitrogens with zero attached hydrogens (tertiary/aromatic N) is 1. The van der Waals surface area contributed by atoms with E-state index in [0.29, 0.717) is 5.25 Å². The molecule has 1 heterocycles. The van der Waals surface area contributed by atoms with Crippen LogP contribution in [0.3, 0.4) is 0 Å². The summed E-state index contributed by atoms with van der Waals surface area (Å²) in [5.41, 5.74) is -0.381. The van der Waals surface area contributed by atoms with Crippen LogP contribution in [0.5, 0.6) is 0 Å². The number of ether oxygens (including phenoxy) is 1. The van der Waals surface area contributed by atoms with E-state index >= 15 is 0 Å². The molecule has 1 unspecified atom stereocenters. The van der Waals surface area contributed by atoms with Crippen molar-refractivity contribution in [2.24, 2.45) is 0 Å². The van der Waals surface area contributed by atoms with E-state index in [1.165, 1.54) is 0 Å². The molecule has 0 spiro atoms. The van der Waals surface area contributed by atoms with Crippen molar-refractivity contribution in [1.82, 2.24) is 4.90 Å². The van der Waals surface area contributed by atoms with Gasteiger partial charge in [0, 0.05) is 11.8 Å². The highest BCUT2D eigenvalue weighted by molar-refractivity contribution is 8.00. The number of rotatable bonds is 0. The van der Waals surface area contributed by atoms with Gasteiger partial charge in [-0.15, -0.1) is 11.8 Å². The van der Waals surface area contributed by atoms with Gasteiger partial charge < -0.3 is 4.74 Å². The summed E-state index contributed by atoms with van der Waals surface area (Å²) in [4.78, 5) is 13.2. The molecule has 1 aliphatic rings. The summed E-state index contributed by atoms with van der Waals surface area (Å²) in [6.07, 6.45) is -0.190. The molecule has 1 atom stereocenters. The molecule has 13 heavy (non-hydrogen) atoms. The molecule has 0 aromatic heterocycles. The molecule has 1 saturated heterocycles. The van der Waals surface area contributed by atoms with Crippen LogP contribution in [0.4, 0.5) is 4.79 Å². The Labute approximate surface area is 83.8 Å². The number of hydrogen-bond donors (Lipinski definition) is 0. The predicted molar refractivity (Wildman–Crippen MR) is 54.9 cm³/mol. The Morgan fingerprint density at radius 3 is 2.54 bits per heavy atom. The first-order valence-electron chi connectivity index (χ1n) is 4.48. The molecule has 3 nitrogen and oxygen atoms in total. The maximum atomic E-state index is 11.5. The largest absolute Gasteiger partial charge is 0.444 e. The van der Waals surface area contributed by atoms with E-state index in [1.807, 2.05) is 20.8 Å². The maximum Gasteiger partial charge on any atom is 0.411 e. The molecule has 0 saturated carbocycles. The first-order chi connectivity index (χ1) is 5.88. The molecule has 0 aromatic rings. The highest BCUT2D eigenvalue weighted by atomic mass is 32.2. The summed E-state index contributed by atoms with van der Waals surface area (Å²) in [5, 5.41) is 0.535. The fourth-order valence-corrected chi connectivity index (χ4v) is 2.02. The van der Waals surface area contributed by atoms with E-state index in [0.717, 1.165) is 12.4 Å². The van der Waals surface area contributed by atoms with E-state index in [2.05, 4.69) is 6.92 Å². The number of amides is 1. The van der Waals surface area contributed by atoms with E-state index in [1.54, 1.807) is 16.7 Å². The van der Waals surface area contributed by atoms with Gasteiger partial charge in [-0.1, -0.05) is 6.92 Å². The zero-order valence-electron chi connectivity index (χ0n) is 8.66. The van der Waals surface area contributed by atoms with Gasteiger partial charge in [0.25, 0.3) is 0 Å². The molecule has 0 aromatic carbocycles. The molecule has 0 bridgehead atoms. The number of carbonyl (C=O) groups excluding carboxylic acids is 1. The van der Waals surface area contributed by atoms with Crippen molar-refractivity contribution in [2.45, 2.75) is 38.5 Å². The van der Waals surface area contributed by atoms with Gasteiger partial charge in [-0.3, -0.25) is 4.90 Å². The Hall–Kier alpha value is -0.380. The van der Waals surface area contributed by atoms with Crippen molar-refractivity contribution in [3.05, 3.63) is 0 Å². The summed E-state index contributed by atoms with van der Waals surface area (Å²) in [6, 6.07) is 0. The fourth-order valence-electron chi connectivity index (χ4n) is 1.09. The second kappa shape index (κ2) is 3.78. The van der Waals surface area contributed by atoms with Crippen molar-refractivity contribution >= 4 is 17.9 Å². The fraction of sp³-hybridized carbons (Fsp3) is 0.889. The smallest absolute Gasteiger partial charge is 0.411 e. The minimum absolute atomic E-state index is 0.190. The van der Waals surface area contributed by atoms with Crippen LogP contribution >= 0.6 is 11.8 Å². The van der Waals surface area contributed by atoms with E-state index < -0.39 is 0 Å². The summed E-state index contributed by atoms with van der Waals surface area (Å²) in [5.74, 6) is 0.760. The van der Waals surface area contributed by atoms with Crippen molar-refractivity contribution in [3.63, 3.8) is 0 Å². The maximum absolute atomic E-state index is 11.5. The van der Waals surface area contributed by atoms with Crippen LogP contribution in [0, 0.1) is 0 Å². The predicted octanol–water partition coefficient (Wildman–Crippen LogP) is 2.32. The second-order valence-electron chi connectivity index (χ2n) is 4.31. The average Bonchev–Trinajstić information content (AvgIpc) is 2.31. The van der Waals surface area contributed by atoms with Crippen LogP contribution in [0.1, 0.15) is 27.7 Å². The van der Waals surface area contributed by atoms with Gasteiger partial charge in [0.05, 0.1) is 5.88 Å². The van der Waals surface area contributed by atoms with Gasteiger partial charge >= 0.3 is 6.09 Å². The van der Waals surface area contributed by atoms with Crippen LogP contribution in [0.15, 0.2) is 0 Å². The molecule has 76 valence electrons. The number of thioether (sulfide) groups is 1. The van der Waals surface area contributed by atoms with Crippen LogP contribution in [0.2, 0.25) is 0 Å². The summed E-state index contributed by atoms with van der Waals surface area (Å²) in [6.45, 7) is 8.58. The lowest BCUT2D eigenvalue weighted by molar-refractivity contribution is 0.0301. The minimum atomic E-state index is -0.381. The molecular weight excluding hydrogens is 186 g/mol. The lowest BCUT2D eigenvalue weighted by Crippen LogP contribution is -2.35. The monoisotopic (exact) mass is 203 g/mol. The van der Waals surface area contributed by atoms with Gasteiger partial charge in [0.15, 0.2) is 0 Å². The van der Waals surface area contributed by atoms with Gasteiger partial charge in [0.1, 0.15) is 5.60 Å². The Morgan fingerprint density at radius 1 is 1.54 bits per heavy atom. The van der Waals surface area contributed by atoms with Crippen LogP contribution in [0.25, 0.3) is 0 Å². The lowest BCUT2D eigenvalue weighted by Gasteiger charge is -2.23. The number of hydrogen-bond acceptors (Lipinski definition) is 3. The lowest BCUT2D eigenvalue weighted by atomic mass is 10.2. The van der Waals surface area contributed by atoms with Crippen molar-refractivity contribution < 1.29 is 9.53 Å². The van der Waals surface area contributed by atoms with Crippen molar-refractivity contribution in [2.75, 3.05) is 12.4 Å². The molecule has 4 heteroatoms. The second-order valence-corrected chi connectivity index (χ2v) is 5.71. The van der Waals surface area contributed by atoms with Crippen LogP contribution in [-0.4, -0.2) is 34.3 Å². The summed E-state index contributed by atoms with van der Waals surface area (Å²) >= 11 is 1.78. The minimum Gasteiger partial charge on any atom is -0.444 e. The third-order valence-corrected chi connectivity index (χ3v) is 2.82. The van der Waals surface area contributed by atoms with E-state index in [9.17, 15) is 4.79 Å². The van der Waals surface area contributed by atoms with Gasteiger partial charge in [-0.05, 0) is 20.8 Å². The van der Waals surface area contributed by atoms with Gasteiger partial charge in [0.2, 0.25) is 0 Å². The zero-order chi connectivity index (χ0) is 10.1. The molecule has 1 rings (SSSR count). The zero-order valence-corrected chi connectivity index (χ0v) is 9.48. The molecular formula is C9H17NO2S. The van der Waals surface area contributed by atoms with E-state index in [4.69, 9.17) is 4.74 Å². The Kier molecular flexibility index (Phi) is 3.11. The highest BCUT2D eigenvalue weighted by Crippen LogP contribution is 2.23. The molecule has 0 aliphatic carbocycles. The quantitative estimate of drug-likeness (QED) is 0.605. The molecule has 1 fully saturated rings. The first kappa shape index (κ1) is 10.7. The van der Waals surface area contributed by atoms with Crippen LogP contribution < -0.4 is 0 Å². The Balaban J connectivity index is 2.41. The Morgan fingerprint density at radius 2 is 2.15 bits per heavy atom. The highest BCUT2D eigenvalue weighted by Gasteiger charge is 2.27. The van der Waals surface area contributed by atoms with Crippen molar-refractivity contribution in [1.29, 1.82) is 0 Å². The molecule has 1 amide bonds. The molecule has 1 aliphatic heterocycles. The number of carbonyl (C=O) groups is 1. The SMILES string of the molecule is CC1CN(C(=O)OC(C)(C)C)CS1. The van der Waals surface area contributed by atoms with E-state index in [-0.39, 0.29) is 11.7 Å². The topological polar surface area (TPSA) is 29.5 Å². The van der Waals surface area contributed by atoms with Gasteiger partial charge in [-0.2, -0.15) is 0 Å². The molecule has 0 N–H and O–H groups in total. The summed E-state index contributed by atoms with van der Waals surface area (Å²) in [7, 11) is 0. The standard InChI is InChI=1S/C9H17NO2S/c1-7-5-10(6-13-7)8(11)12-9(2,3)4/h7H,5-6H2,1-4H3. The average molecular weight is 203 g/mol. The third kappa shape index (κ3) is 3.46. The van der Waals surface area contributed by atoms with Crippen LogP contribution in [-0.2, 0) is 4.74 Å². The first-order valence-corrected chi connectivity index (χ1v) is 5.53. The van der Waals surface area contributed by atoms with Crippen molar-refractivity contribution in [3.8, 4) is 0 Å². The Bertz CT molecular complexity index is 200. The normalized spacial score (nSPS) is 23.4. The summed E-state index contributed by atoms with van der Waals surface area (Å²) < 4.78 is 5.24. The van der Waals surface area contributed by atoms with Gasteiger partial charge in [-0.25, -0.2) is 4.79 Å². The molecule has 0 radical (unpaired) electrons.